The van der Waals surface area contributed by atoms with Crippen LogP contribution >= 0.6 is 0 Å². The van der Waals surface area contributed by atoms with E-state index in [-0.39, 0.29) is 17.3 Å². The summed E-state index contributed by atoms with van der Waals surface area (Å²) >= 11 is 0. The van der Waals surface area contributed by atoms with E-state index in [9.17, 15) is 9.59 Å². The number of amides is 1. The minimum Gasteiger partial charge on any atom is -0.497 e. The number of hydrogen-bond acceptors (Lipinski definition) is 4. The molecule has 5 nitrogen and oxygen atoms in total. The predicted molar refractivity (Wildman–Crippen MR) is 93.7 cm³/mol. The molecule has 1 aromatic carbocycles. The Bertz CT molecular complexity index is 735. The molecule has 0 fully saturated rings. The summed E-state index contributed by atoms with van der Waals surface area (Å²) in [5.41, 5.74) is 1.40. The van der Waals surface area contributed by atoms with Crippen molar-refractivity contribution < 1.29 is 14.3 Å². The molecule has 0 saturated heterocycles. The van der Waals surface area contributed by atoms with Gasteiger partial charge in [-0.3, -0.25) is 14.6 Å². The smallest absolute Gasteiger partial charge is 0.259 e. The number of ketones is 1. The van der Waals surface area contributed by atoms with E-state index in [2.05, 4.69) is 10.3 Å². The SMILES string of the molecule is COc1ccc(NC(=O)C(=Cc2cccnc2)C(=O)C(C)C)cc1. The second-order valence-electron chi connectivity index (χ2n) is 5.55. The third-order valence-electron chi connectivity index (χ3n) is 3.38. The number of aromatic nitrogens is 1. The van der Waals surface area contributed by atoms with Gasteiger partial charge in [0, 0.05) is 24.0 Å². The van der Waals surface area contributed by atoms with Gasteiger partial charge in [0.15, 0.2) is 5.78 Å². The first kappa shape index (κ1) is 17.4. The van der Waals surface area contributed by atoms with Crippen molar-refractivity contribution in [2.75, 3.05) is 12.4 Å². The Labute approximate surface area is 141 Å². The number of carbonyl (C=O) groups is 2. The van der Waals surface area contributed by atoms with Crippen LogP contribution in [0.4, 0.5) is 5.69 Å². The molecule has 0 aliphatic heterocycles. The van der Waals surface area contributed by atoms with Gasteiger partial charge in [0.1, 0.15) is 5.75 Å². The number of hydrogen-bond donors (Lipinski definition) is 1. The van der Waals surface area contributed by atoms with Gasteiger partial charge in [-0.1, -0.05) is 19.9 Å². The number of rotatable bonds is 6. The topological polar surface area (TPSA) is 68.3 Å². The third kappa shape index (κ3) is 4.52. The molecule has 24 heavy (non-hydrogen) atoms. The molecule has 0 aliphatic carbocycles. The van der Waals surface area contributed by atoms with Gasteiger partial charge in [0.25, 0.3) is 5.91 Å². The summed E-state index contributed by atoms with van der Waals surface area (Å²) < 4.78 is 5.09. The van der Waals surface area contributed by atoms with Crippen LogP contribution in [0.1, 0.15) is 19.4 Å². The molecular weight excluding hydrogens is 304 g/mol. The van der Waals surface area contributed by atoms with Gasteiger partial charge in [-0.2, -0.15) is 0 Å². The second-order valence-corrected chi connectivity index (χ2v) is 5.55. The lowest BCUT2D eigenvalue weighted by Crippen LogP contribution is -2.23. The zero-order chi connectivity index (χ0) is 17.5. The van der Waals surface area contributed by atoms with Crippen LogP contribution in [0.3, 0.4) is 0 Å². The molecular formula is C19H20N2O3. The lowest BCUT2D eigenvalue weighted by molar-refractivity contribution is -0.121. The van der Waals surface area contributed by atoms with Crippen LogP contribution in [0.5, 0.6) is 5.75 Å². The molecule has 0 bridgehead atoms. The second kappa shape index (κ2) is 8.06. The highest BCUT2D eigenvalue weighted by Gasteiger charge is 2.21. The fraction of sp³-hybridized carbons (Fsp3) is 0.211. The molecule has 0 unspecified atom stereocenters. The van der Waals surface area contributed by atoms with Crippen LogP contribution < -0.4 is 10.1 Å². The van der Waals surface area contributed by atoms with Crippen LogP contribution in [0, 0.1) is 5.92 Å². The molecule has 1 heterocycles. The number of methoxy groups -OCH3 is 1. The van der Waals surface area contributed by atoms with Crippen molar-refractivity contribution in [3.05, 3.63) is 59.9 Å². The number of nitrogens with zero attached hydrogens (tertiary/aromatic N) is 1. The average Bonchev–Trinajstić information content (AvgIpc) is 2.60. The van der Waals surface area contributed by atoms with Gasteiger partial charge < -0.3 is 10.1 Å². The van der Waals surface area contributed by atoms with Crippen molar-refractivity contribution in [3.63, 3.8) is 0 Å². The standard InChI is InChI=1S/C19H20N2O3/c1-13(2)18(22)17(11-14-5-4-10-20-12-14)19(23)21-15-6-8-16(24-3)9-7-15/h4-13H,1-3H3,(H,21,23). The maximum absolute atomic E-state index is 12.6. The molecule has 2 aromatic rings. The minimum atomic E-state index is -0.442. The van der Waals surface area contributed by atoms with Crippen LogP contribution in [-0.2, 0) is 9.59 Å². The van der Waals surface area contributed by atoms with Crippen molar-refractivity contribution in [2.24, 2.45) is 5.92 Å². The van der Waals surface area contributed by atoms with Gasteiger partial charge in [-0.15, -0.1) is 0 Å². The molecule has 0 spiro atoms. The van der Waals surface area contributed by atoms with E-state index in [1.807, 2.05) is 0 Å². The monoisotopic (exact) mass is 324 g/mol. The lowest BCUT2D eigenvalue weighted by Gasteiger charge is -2.11. The Balaban J connectivity index is 2.27. The van der Waals surface area contributed by atoms with Gasteiger partial charge in [-0.05, 0) is 42.0 Å². The Kier molecular flexibility index (Phi) is 5.84. The molecule has 1 aromatic heterocycles. The van der Waals surface area contributed by atoms with Crippen molar-refractivity contribution in [3.8, 4) is 5.75 Å². The summed E-state index contributed by atoms with van der Waals surface area (Å²) in [6.45, 7) is 3.53. The highest BCUT2D eigenvalue weighted by atomic mass is 16.5. The van der Waals surface area contributed by atoms with Crippen LogP contribution in [0.2, 0.25) is 0 Å². The van der Waals surface area contributed by atoms with Gasteiger partial charge in [-0.25, -0.2) is 0 Å². The van der Waals surface area contributed by atoms with Crippen molar-refractivity contribution in [1.82, 2.24) is 4.98 Å². The summed E-state index contributed by atoms with van der Waals surface area (Å²) in [7, 11) is 1.57. The zero-order valence-corrected chi connectivity index (χ0v) is 13.9. The molecule has 0 saturated carbocycles. The summed E-state index contributed by atoms with van der Waals surface area (Å²) in [5, 5.41) is 2.75. The number of anilines is 1. The molecule has 1 amide bonds. The van der Waals surface area contributed by atoms with Crippen LogP contribution in [-0.4, -0.2) is 23.8 Å². The van der Waals surface area contributed by atoms with E-state index in [1.165, 1.54) is 0 Å². The summed E-state index contributed by atoms with van der Waals surface area (Å²) in [6.07, 6.45) is 4.81. The number of carbonyl (C=O) groups excluding carboxylic acids is 2. The van der Waals surface area contributed by atoms with Crippen molar-refractivity contribution in [2.45, 2.75) is 13.8 Å². The number of nitrogens with one attached hydrogen (secondary N) is 1. The largest absolute Gasteiger partial charge is 0.497 e. The maximum Gasteiger partial charge on any atom is 0.259 e. The van der Waals surface area contributed by atoms with E-state index in [1.54, 1.807) is 75.8 Å². The fourth-order valence-corrected chi connectivity index (χ4v) is 2.06. The molecule has 0 aliphatic rings. The Morgan fingerprint density at radius 3 is 2.42 bits per heavy atom. The lowest BCUT2D eigenvalue weighted by atomic mass is 9.98. The predicted octanol–water partition coefficient (Wildman–Crippen LogP) is 3.34. The molecule has 124 valence electrons. The van der Waals surface area contributed by atoms with Gasteiger partial charge in [0.05, 0.1) is 12.7 Å². The first-order valence-corrected chi connectivity index (χ1v) is 7.62. The Morgan fingerprint density at radius 2 is 1.88 bits per heavy atom. The minimum absolute atomic E-state index is 0.105. The number of pyridine rings is 1. The van der Waals surface area contributed by atoms with Crippen LogP contribution in [0.25, 0.3) is 6.08 Å². The summed E-state index contributed by atoms with van der Waals surface area (Å²) in [4.78, 5) is 29.0. The van der Waals surface area contributed by atoms with Crippen LogP contribution in [0.15, 0.2) is 54.4 Å². The fourth-order valence-electron chi connectivity index (χ4n) is 2.06. The molecule has 0 atom stereocenters. The number of ether oxygens (including phenoxy) is 1. The molecule has 5 heteroatoms. The van der Waals surface area contributed by atoms with E-state index >= 15 is 0 Å². The first-order valence-electron chi connectivity index (χ1n) is 7.62. The van der Waals surface area contributed by atoms with Gasteiger partial charge >= 0.3 is 0 Å². The highest BCUT2D eigenvalue weighted by Crippen LogP contribution is 2.18. The van der Waals surface area contributed by atoms with Crippen molar-refractivity contribution in [1.29, 1.82) is 0 Å². The number of Topliss-reactive ketones (excluding diaryl/α,β-unsaturated/α-hetero) is 1. The molecule has 0 radical (unpaired) electrons. The van der Waals surface area contributed by atoms with E-state index in [4.69, 9.17) is 4.74 Å². The third-order valence-corrected chi connectivity index (χ3v) is 3.38. The zero-order valence-electron chi connectivity index (χ0n) is 13.9. The van der Waals surface area contributed by atoms with E-state index in [0.717, 1.165) is 0 Å². The normalized spacial score (nSPS) is 11.2. The maximum atomic E-state index is 12.6. The first-order chi connectivity index (χ1) is 11.5. The quantitative estimate of drug-likeness (QED) is 0.503. The highest BCUT2D eigenvalue weighted by molar-refractivity contribution is 6.26. The summed E-state index contributed by atoms with van der Waals surface area (Å²) in [5.74, 6) is -0.250. The van der Waals surface area contributed by atoms with E-state index < -0.39 is 5.91 Å². The van der Waals surface area contributed by atoms with E-state index in [0.29, 0.717) is 17.0 Å². The molecule has 2 rings (SSSR count). The van der Waals surface area contributed by atoms with Gasteiger partial charge in [0.2, 0.25) is 0 Å². The Morgan fingerprint density at radius 1 is 1.17 bits per heavy atom. The molecule has 1 N–H and O–H groups in total. The average molecular weight is 324 g/mol. The number of benzene rings is 1. The Hall–Kier alpha value is -2.95. The van der Waals surface area contributed by atoms with Crippen molar-refractivity contribution >= 4 is 23.5 Å². The summed E-state index contributed by atoms with van der Waals surface area (Å²) in [6, 6.07) is 10.5.